The van der Waals surface area contributed by atoms with Crippen molar-refractivity contribution in [3.63, 3.8) is 0 Å². The van der Waals surface area contributed by atoms with Gasteiger partial charge < -0.3 is 20.4 Å². The minimum Gasteiger partial charge on any atom is -0.339 e. The highest BCUT2D eigenvalue weighted by Gasteiger charge is 2.32. The summed E-state index contributed by atoms with van der Waals surface area (Å²) in [4.78, 5) is 35.6. The fraction of sp³-hybridized carbons (Fsp3) is 0.704. The molecule has 0 aromatic heterocycles. The minimum atomic E-state index is 0.0575. The summed E-state index contributed by atoms with van der Waals surface area (Å²) in [6.45, 7) is 8.65. The van der Waals surface area contributed by atoms with E-state index in [1.807, 2.05) is 34.1 Å². The quantitative estimate of drug-likeness (QED) is 0.719. The van der Waals surface area contributed by atoms with E-state index in [2.05, 4.69) is 9.80 Å². The summed E-state index contributed by atoms with van der Waals surface area (Å²) < 4.78 is 0. The summed E-state index contributed by atoms with van der Waals surface area (Å²) in [6, 6.07) is 8.59. The Hall–Kier alpha value is -1.96. The summed E-state index contributed by atoms with van der Waals surface area (Å²) >= 11 is 0. The smallest absolute Gasteiger partial charge is 0.253 e. The molecule has 1 unspecified atom stereocenters. The van der Waals surface area contributed by atoms with E-state index in [0.717, 1.165) is 71.5 Å². The van der Waals surface area contributed by atoms with Gasteiger partial charge in [-0.15, -0.1) is 0 Å². The summed E-state index contributed by atoms with van der Waals surface area (Å²) in [5.41, 5.74) is 7.14. The molecule has 7 nitrogen and oxygen atoms in total. The Kier molecular flexibility index (Phi) is 7.52. The van der Waals surface area contributed by atoms with E-state index < -0.39 is 0 Å². The molecule has 4 saturated heterocycles. The SMILES string of the molecule is NCC1CCN(C2CCN(C(=O)c3cccc(C(=O)N4CCC(N5CCCC5)CC4)c3)CC2)C1. The van der Waals surface area contributed by atoms with Crippen LogP contribution in [0.1, 0.15) is 65.7 Å². The van der Waals surface area contributed by atoms with Crippen LogP contribution in [0, 0.1) is 5.92 Å². The van der Waals surface area contributed by atoms with Gasteiger partial charge in [-0.25, -0.2) is 0 Å². The van der Waals surface area contributed by atoms with Crippen molar-refractivity contribution in [2.24, 2.45) is 11.7 Å². The maximum Gasteiger partial charge on any atom is 0.253 e. The molecule has 1 atom stereocenters. The summed E-state index contributed by atoms with van der Waals surface area (Å²) in [6.07, 6.45) is 7.98. The van der Waals surface area contributed by atoms with Crippen molar-refractivity contribution in [2.45, 2.75) is 57.0 Å². The molecule has 5 rings (SSSR count). The van der Waals surface area contributed by atoms with E-state index >= 15 is 0 Å². The number of carbonyl (C=O) groups is 2. The third-order valence-corrected chi connectivity index (χ3v) is 8.68. The lowest BCUT2D eigenvalue weighted by Gasteiger charge is -2.37. The number of piperidine rings is 2. The second-order valence-corrected chi connectivity index (χ2v) is 10.8. The van der Waals surface area contributed by atoms with Gasteiger partial charge in [0.25, 0.3) is 11.8 Å². The van der Waals surface area contributed by atoms with Crippen LogP contribution in [0.3, 0.4) is 0 Å². The fourth-order valence-corrected chi connectivity index (χ4v) is 6.51. The number of amides is 2. The van der Waals surface area contributed by atoms with E-state index in [1.54, 1.807) is 0 Å². The number of likely N-dealkylation sites (tertiary alicyclic amines) is 4. The normalized spacial score (nSPS) is 25.9. The zero-order valence-corrected chi connectivity index (χ0v) is 20.5. The average molecular weight is 468 g/mol. The Labute approximate surface area is 204 Å². The number of rotatable bonds is 5. The molecule has 7 heteroatoms. The first-order valence-electron chi connectivity index (χ1n) is 13.5. The van der Waals surface area contributed by atoms with Gasteiger partial charge in [0, 0.05) is 55.9 Å². The molecule has 2 N–H and O–H groups in total. The first-order valence-corrected chi connectivity index (χ1v) is 13.5. The molecule has 4 aliphatic heterocycles. The Morgan fingerprint density at radius 2 is 1.26 bits per heavy atom. The molecule has 4 aliphatic rings. The van der Waals surface area contributed by atoms with Crippen LogP contribution in [-0.4, -0.2) is 102 Å². The third kappa shape index (κ3) is 5.16. The van der Waals surface area contributed by atoms with Gasteiger partial charge >= 0.3 is 0 Å². The number of nitrogens with zero attached hydrogens (tertiary/aromatic N) is 4. The molecule has 186 valence electrons. The number of hydrogen-bond acceptors (Lipinski definition) is 5. The van der Waals surface area contributed by atoms with Gasteiger partial charge in [0.2, 0.25) is 0 Å². The molecule has 4 heterocycles. The van der Waals surface area contributed by atoms with E-state index in [1.165, 1.54) is 32.4 Å². The summed E-state index contributed by atoms with van der Waals surface area (Å²) in [5, 5.41) is 0. The predicted octanol–water partition coefficient (Wildman–Crippen LogP) is 2.27. The Bertz CT molecular complexity index is 854. The van der Waals surface area contributed by atoms with E-state index in [0.29, 0.717) is 29.1 Å². The van der Waals surface area contributed by atoms with Crippen LogP contribution >= 0.6 is 0 Å². The van der Waals surface area contributed by atoms with E-state index in [4.69, 9.17) is 5.73 Å². The molecule has 0 aliphatic carbocycles. The molecule has 0 spiro atoms. The molecule has 34 heavy (non-hydrogen) atoms. The zero-order chi connectivity index (χ0) is 23.5. The van der Waals surface area contributed by atoms with Gasteiger partial charge in [-0.2, -0.15) is 0 Å². The number of benzene rings is 1. The second kappa shape index (κ2) is 10.8. The highest BCUT2D eigenvalue weighted by atomic mass is 16.2. The Morgan fingerprint density at radius 3 is 1.76 bits per heavy atom. The maximum atomic E-state index is 13.2. The van der Waals surface area contributed by atoms with Crippen molar-refractivity contribution in [1.29, 1.82) is 0 Å². The van der Waals surface area contributed by atoms with Crippen molar-refractivity contribution in [3.8, 4) is 0 Å². The maximum absolute atomic E-state index is 13.2. The van der Waals surface area contributed by atoms with Crippen LogP contribution in [0.25, 0.3) is 0 Å². The molecule has 2 amide bonds. The van der Waals surface area contributed by atoms with Crippen molar-refractivity contribution < 1.29 is 9.59 Å². The lowest BCUT2D eigenvalue weighted by molar-refractivity contribution is 0.0640. The monoisotopic (exact) mass is 467 g/mol. The van der Waals surface area contributed by atoms with Crippen LogP contribution in [-0.2, 0) is 0 Å². The predicted molar refractivity (Wildman–Crippen MR) is 134 cm³/mol. The zero-order valence-electron chi connectivity index (χ0n) is 20.5. The van der Waals surface area contributed by atoms with Crippen LogP contribution in [0.5, 0.6) is 0 Å². The molecule has 1 aromatic carbocycles. The van der Waals surface area contributed by atoms with Gasteiger partial charge in [-0.05, 0) is 95.2 Å². The van der Waals surface area contributed by atoms with E-state index in [-0.39, 0.29) is 11.8 Å². The lowest BCUT2D eigenvalue weighted by Crippen LogP contribution is -2.46. The average Bonchev–Trinajstić information content (AvgIpc) is 3.61. The summed E-state index contributed by atoms with van der Waals surface area (Å²) in [7, 11) is 0. The van der Waals surface area contributed by atoms with Gasteiger partial charge in [0.05, 0.1) is 0 Å². The number of carbonyl (C=O) groups excluding carboxylic acids is 2. The third-order valence-electron chi connectivity index (χ3n) is 8.68. The molecule has 0 saturated carbocycles. The van der Waals surface area contributed by atoms with Crippen molar-refractivity contribution in [1.82, 2.24) is 19.6 Å². The van der Waals surface area contributed by atoms with Crippen molar-refractivity contribution >= 4 is 11.8 Å². The topological polar surface area (TPSA) is 73.1 Å². The standard InChI is InChI=1S/C27H41N5O2/c28-19-21-6-13-32(20-21)25-9-16-31(17-10-25)27(34)23-5-3-4-22(18-23)26(33)30-14-7-24(8-15-30)29-11-1-2-12-29/h3-5,18,21,24-25H,1-2,6-17,19-20,28H2. The van der Waals surface area contributed by atoms with E-state index in [9.17, 15) is 9.59 Å². The van der Waals surface area contributed by atoms with Gasteiger partial charge in [0.15, 0.2) is 0 Å². The Balaban J connectivity index is 1.14. The molecule has 4 fully saturated rings. The highest BCUT2D eigenvalue weighted by molar-refractivity contribution is 5.99. The van der Waals surface area contributed by atoms with Crippen molar-refractivity contribution in [2.75, 3.05) is 58.9 Å². The molecule has 0 radical (unpaired) electrons. The molecular formula is C27H41N5O2. The second-order valence-electron chi connectivity index (χ2n) is 10.8. The Morgan fingerprint density at radius 1 is 0.735 bits per heavy atom. The first kappa shape index (κ1) is 23.8. The molecular weight excluding hydrogens is 426 g/mol. The fourth-order valence-electron chi connectivity index (χ4n) is 6.51. The van der Waals surface area contributed by atoms with Gasteiger partial charge in [-0.1, -0.05) is 6.07 Å². The minimum absolute atomic E-state index is 0.0575. The molecule has 1 aromatic rings. The van der Waals surface area contributed by atoms with Crippen LogP contribution in [0.15, 0.2) is 24.3 Å². The van der Waals surface area contributed by atoms with Crippen LogP contribution in [0.2, 0.25) is 0 Å². The van der Waals surface area contributed by atoms with Crippen LogP contribution in [0.4, 0.5) is 0 Å². The highest BCUT2D eigenvalue weighted by Crippen LogP contribution is 2.25. The number of hydrogen-bond donors (Lipinski definition) is 1. The van der Waals surface area contributed by atoms with Gasteiger partial charge in [-0.3, -0.25) is 14.5 Å². The lowest BCUT2D eigenvalue weighted by atomic mass is 10.0. The van der Waals surface area contributed by atoms with Gasteiger partial charge in [0.1, 0.15) is 0 Å². The summed E-state index contributed by atoms with van der Waals surface area (Å²) in [5.74, 6) is 0.754. The largest absolute Gasteiger partial charge is 0.339 e. The molecule has 0 bridgehead atoms. The first-order chi connectivity index (χ1) is 16.6. The van der Waals surface area contributed by atoms with Crippen molar-refractivity contribution in [3.05, 3.63) is 35.4 Å². The number of nitrogens with two attached hydrogens (primary N) is 1. The van der Waals surface area contributed by atoms with Crippen LogP contribution < -0.4 is 5.73 Å².